The van der Waals surface area contributed by atoms with Crippen LogP contribution in [-0.4, -0.2) is 54.6 Å². The lowest BCUT2D eigenvalue weighted by molar-refractivity contribution is -0.384. The minimum atomic E-state index is -0.929. The largest absolute Gasteiger partial charge is 0.465 e. The summed E-state index contributed by atoms with van der Waals surface area (Å²) in [5.74, 6) is 0. The van der Waals surface area contributed by atoms with Crippen LogP contribution >= 0.6 is 0 Å². The Kier molecular flexibility index (Phi) is 8.26. The average molecular weight is 544 g/mol. The number of fused-ring (bicyclic) bond motifs is 1. The molecular formula is C30H33N5O5. The van der Waals surface area contributed by atoms with Crippen LogP contribution in [0.5, 0.6) is 0 Å². The molecule has 208 valence electrons. The van der Waals surface area contributed by atoms with Gasteiger partial charge < -0.3 is 15.0 Å². The number of carbonyl (C=O) groups is 1. The molecule has 1 aliphatic heterocycles. The van der Waals surface area contributed by atoms with E-state index in [0.717, 1.165) is 35.1 Å². The van der Waals surface area contributed by atoms with E-state index in [4.69, 9.17) is 0 Å². The number of piperidine rings is 1. The van der Waals surface area contributed by atoms with Gasteiger partial charge in [0, 0.05) is 43.9 Å². The molecule has 1 saturated heterocycles. The zero-order valence-corrected chi connectivity index (χ0v) is 22.2. The number of imidazole rings is 1. The number of benzene rings is 3. The highest BCUT2D eigenvalue weighted by Crippen LogP contribution is 2.31. The third-order valence-corrected chi connectivity index (χ3v) is 7.74. The molecule has 3 aromatic carbocycles. The number of hydrogen-bond donors (Lipinski definition) is 2. The van der Waals surface area contributed by atoms with Gasteiger partial charge in [0.1, 0.15) is 0 Å². The molecule has 1 aliphatic rings. The number of aromatic nitrogens is 2. The Hall–Kier alpha value is -4.44. The van der Waals surface area contributed by atoms with Crippen molar-refractivity contribution in [2.45, 2.75) is 50.9 Å². The Balaban J connectivity index is 1.29. The number of H-pyrrole nitrogens is 1. The van der Waals surface area contributed by atoms with Gasteiger partial charge in [0.05, 0.1) is 16.0 Å². The summed E-state index contributed by atoms with van der Waals surface area (Å²) >= 11 is 0. The van der Waals surface area contributed by atoms with Crippen LogP contribution in [0.15, 0.2) is 83.7 Å². The fourth-order valence-electron chi connectivity index (χ4n) is 5.81. The fraction of sp³-hybridized carbons (Fsp3) is 0.333. The highest BCUT2D eigenvalue weighted by molar-refractivity contribution is 5.75. The van der Waals surface area contributed by atoms with Crippen molar-refractivity contribution < 1.29 is 14.8 Å². The molecule has 2 heterocycles. The first-order valence-electron chi connectivity index (χ1n) is 13.6. The molecule has 1 aromatic heterocycles. The first kappa shape index (κ1) is 27.1. The summed E-state index contributed by atoms with van der Waals surface area (Å²) < 4.78 is 1.79. The van der Waals surface area contributed by atoms with E-state index in [-0.39, 0.29) is 23.5 Å². The van der Waals surface area contributed by atoms with Gasteiger partial charge in [0.2, 0.25) is 0 Å². The second-order valence-corrected chi connectivity index (χ2v) is 10.4. The zero-order chi connectivity index (χ0) is 28.1. The van der Waals surface area contributed by atoms with Crippen molar-refractivity contribution in [3.05, 3.63) is 111 Å². The van der Waals surface area contributed by atoms with Gasteiger partial charge in [0.15, 0.2) is 0 Å². The number of rotatable bonds is 10. The van der Waals surface area contributed by atoms with E-state index in [0.29, 0.717) is 38.9 Å². The number of hydrogen-bond acceptors (Lipinski definition) is 5. The Morgan fingerprint density at radius 1 is 1.00 bits per heavy atom. The first-order valence-corrected chi connectivity index (χ1v) is 13.6. The quantitative estimate of drug-likeness (QED) is 0.204. The number of nitro groups is 1. The predicted molar refractivity (Wildman–Crippen MR) is 152 cm³/mol. The normalized spacial score (nSPS) is 17.4. The lowest BCUT2D eigenvalue weighted by atomic mass is 9.93. The zero-order valence-electron chi connectivity index (χ0n) is 22.2. The van der Waals surface area contributed by atoms with E-state index in [1.807, 2.05) is 42.5 Å². The molecule has 5 rings (SSSR count). The lowest BCUT2D eigenvalue weighted by Gasteiger charge is -2.38. The molecule has 0 saturated carbocycles. The van der Waals surface area contributed by atoms with Gasteiger partial charge >= 0.3 is 11.8 Å². The van der Waals surface area contributed by atoms with Crippen LogP contribution < -0.4 is 5.69 Å². The number of amides is 1. The maximum absolute atomic E-state index is 12.8. The highest BCUT2D eigenvalue weighted by atomic mass is 16.6. The number of likely N-dealkylation sites (tertiary alicyclic amines) is 1. The molecule has 0 aliphatic carbocycles. The van der Waals surface area contributed by atoms with E-state index in [1.54, 1.807) is 16.7 Å². The SMILES string of the molecule is O=C(O)N1CCC(n2c(=O)[nH]c3ccccc32)C[C@@H]1CCCN(Cc1ccccc1)Cc1ccc([N+](=O)[O-])cc1. The first-order chi connectivity index (χ1) is 19.4. The van der Waals surface area contributed by atoms with Crippen LogP contribution in [0.3, 0.4) is 0 Å². The second-order valence-electron chi connectivity index (χ2n) is 10.4. The minimum absolute atomic E-state index is 0.0632. The molecule has 10 heteroatoms. The molecule has 2 atom stereocenters. The van der Waals surface area contributed by atoms with Gasteiger partial charge in [-0.15, -0.1) is 0 Å². The molecule has 1 amide bonds. The smallest absolute Gasteiger partial charge is 0.407 e. The second kappa shape index (κ2) is 12.2. The molecule has 1 unspecified atom stereocenters. The van der Waals surface area contributed by atoms with E-state index < -0.39 is 11.0 Å². The molecule has 0 bridgehead atoms. The number of nitrogens with one attached hydrogen (secondary N) is 1. The topological polar surface area (TPSA) is 125 Å². The Morgan fingerprint density at radius 3 is 2.38 bits per heavy atom. The van der Waals surface area contributed by atoms with Gasteiger partial charge in [-0.25, -0.2) is 9.59 Å². The Morgan fingerprint density at radius 2 is 1.68 bits per heavy atom. The molecular weight excluding hydrogens is 510 g/mol. The standard InChI is InChI=1S/C30H33N5O5/c36-29-31-27-10-4-5-11-28(27)34(29)26-16-18-33(30(37)38)25(19-26)9-6-17-32(20-22-7-2-1-3-8-22)21-23-12-14-24(15-13-23)35(39)40/h1-5,7-8,10-15,25-26H,6,9,16-21H2,(H,31,36)(H,37,38)/t25-,26?/m0/s1. The summed E-state index contributed by atoms with van der Waals surface area (Å²) in [5.41, 5.74) is 3.67. The third kappa shape index (κ3) is 6.23. The van der Waals surface area contributed by atoms with Crippen molar-refractivity contribution >= 4 is 22.8 Å². The van der Waals surface area contributed by atoms with E-state index in [9.17, 15) is 24.8 Å². The van der Waals surface area contributed by atoms with Crippen LogP contribution in [0.4, 0.5) is 10.5 Å². The Labute approximate surface area is 231 Å². The summed E-state index contributed by atoms with van der Waals surface area (Å²) in [6.07, 6.45) is 1.68. The molecule has 1 fully saturated rings. The van der Waals surface area contributed by atoms with Crippen molar-refractivity contribution in [2.75, 3.05) is 13.1 Å². The van der Waals surface area contributed by atoms with Crippen molar-refractivity contribution in [2.24, 2.45) is 0 Å². The number of aromatic amines is 1. The van der Waals surface area contributed by atoms with Crippen LogP contribution in [0.25, 0.3) is 11.0 Å². The van der Waals surface area contributed by atoms with E-state index in [2.05, 4.69) is 22.0 Å². The van der Waals surface area contributed by atoms with Crippen LogP contribution in [0, 0.1) is 10.1 Å². The van der Waals surface area contributed by atoms with Crippen molar-refractivity contribution in [3.63, 3.8) is 0 Å². The van der Waals surface area contributed by atoms with Crippen molar-refractivity contribution in [1.82, 2.24) is 19.4 Å². The molecule has 40 heavy (non-hydrogen) atoms. The number of para-hydroxylation sites is 2. The predicted octanol–water partition coefficient (Wildman–Crippen LogP) is 5.40. The van der Waals surface area contributed by atoms with Gasteiger partial charge in [-0.3, -0.25) is 19.6 Å². The van der Waals surface area contributed by atoms with Crippen molar-refractivity contribution in [1.29, 1.82) is 0 Å². The van der Waals surface area contributed by atoms with Crippen molar-refractivity contribution in [3.8, 4) is 0 Å². The van der Waals surface area contributed by atoms with Gasteiger partial charge in [-0.2, -0.15) is 0 Å². The minimum Gasteiger partial charge on any atom is -0.465 e. The van der Waals surface area contributed by atoms with Gasteiger partial charge in [0.25, 0.3) is 5.69 Å². The van der Waals surface area contributed by atoms with E-state index >= 15 is 0 Å². The third-order valence-electron chi connectivity index (χ3n) is 7.74. The number of non-ortho nitro benzene ring substituents is 1. The fourth-order valence-corrected chi connectivity index (χ4v) is 5.81. The summed E-state index contributed by atoms with van der Waals surface area (Å²) in [7, 11) is 0. The monoisotopic (exact) mass is 543 g/mol. The van der Waals surface area contributed by atoms with Crippen LogP contribution in [-0.2, 0) is 13.1 Å². The Bertz CT molecular complexity index is 1520. The summed E-state index contributed by atoms with van der Waals surface area (Å²) in [4.78, 5) is 42.3. The van der Waals surface area contributed by atoms with Gasteiger partial charge in [-0.1, -0.05) is 54.6 Å². The lowest BCUT2D eigenvalue weighted by Crippen LogP contribution is -2.47. The van der Waals surface area contributed by atoms with Crippen LogP contribution in [0.1, 0.15) is 42.9 Å². The molecule has 0 radical (unpaired) electrons. The molecule has 10 nitrogen and oxygen atoms in total. The number of carboxylic acid groups (broad SMARTS) is 1. The number of nitrogens with zero attached hydrogens (tertiary/aromatic N) is 4. The number of nitro benzene ring substituents is 1. The highest BCUT2D eigenvalue weighted by Gasteiger charge is 2.33. The average Bonchev–Trinajstić information content (AvgIpc) is 3.29. The molecule has 4 aromatic rings. The molecule has 0 spiro atoms. The molecule has 2 N–H and O–H groups in total. The summed E-state index contributed by atoms with van der Waals surface area (Å²) in [5, 5.41) is 21.0. The van der Waals surface area contributed by atoms with Gasteiger partial charge in [-0.05, 0) is 55.5 Å². The van der Waals surface area contributed by atoms with Crippen LogP contribution in [0.2, 0.25) is 0 Å². The maximum Gasteiger partial charge on any atom is 0.407 e. The van der Waals surface area contributed by atoms with E-state index in [1.165, 1.54) is 17.0 Å². The maximum atomic E-state index is 12.8. The summed E-state index contributed by atoms with van der Waals surface area (Å²) in [6, 6.07) is 24.0. The summed E-state index contributed by atoms with van der Waals surface area (Å²) in [6.45, 7) is 2.44.